The van der Waals surface area contributed by atoms with E-state index in [2.05, 4.69) is 0 Å². The Morgan fingerprint density at radius 1 is 1.12 bits per heavy atom. The van der Waals surface area contributed by atoms with Crippen LogP contribution in [0.3, 0.4) is 0 Å². The number of hydrogen-bond acceptors (Lipinski definition) is 2. The van der Waals surface area contributed by atoms with Crippen LogP contribution in [0.4, 0.5) is 4.39 Å². The van der Waals surface area contributed by atoms with Crippen molar-refractivity contribution in [2.45, 2.75) is 34.6 Å². The van der Waals surface area contributed by atoms with Crippen molar-refractivity contribution in [2.24, 2.45) is 0 Å². The first-order chi connectivity index (χ1) is 11.3. The van der Waals surface area contributed by atoms with Crippen molar-refractivity contribution >= 4 is 6.08 Å². The van der Waals surface area contributed by atoms with Crippen LogP contribution in [0.25, 0.3) is 6.08 Å². The van der Waals surface area contributed by atoms with Gasteiger partial charge in [0.1, 0.15) is 11.6 Å². The van der Waals surface area contributed by atoms with Gasteiger partial charge < -0.3 is 9.84 Å². The Kier molecular flexibility index (Phi) is 7.66. The van der Waals surface area contributed by atoms with Crippen LogP contribution in [0.15, 0.2) is 47.3 Å². The molecular weight excluding hydrogens is 303 g/mol. The molecule has 24 heavy (non-hydrogen) atoms. The first-order valence-corrected chi connectivity index (χ1v) is 7.96. The van der Waals surface area contributed by atoms with E-state index in [9.17, 15) is 4.39 Å². The van der Waals surface area contributed by atoms with Crippen molar-refractivity contribution in [3.05, 3.63) is 69.6 Å². The molecule has 0 radical (unpaired) electrons. The molecule has 0 aromatic heterocycles. The number of hydrogen-bond donors (Lipinski definition) is 1. The standard InChI is InChI=1S/C21H27FO2/c1-14(11-12-23)7-10-20(22)15(2)8-9-19-16(3)13-21(24-6)18(5)17(19)4/h7-11,13,23H,12H2,1-6H3/b9-8+,10-7+,14-11+,20-15-. The van der Waals surface area contributed by atoms with Crippen molar-refractivity contribution in [1.82, 2.24) is 0 Å². The Morgan fingerprint density at radius 2 is 1.79 bits per heavy atom. The van der Waals surface area contributed by atoms with Crippen molar-refractivity contribution in [1.29, 1.82) is 0 Å². The molecule has 1 aromatic carbocycles. The summed E-state index contributed by atoms with van der Waals surface area (Å²) >= 11 is 0. The Labute approximate surface area is 144 Å². The average molecular weight is 330 g/mol. The zero-order valence-corrected chi connectivity index (χ0v) is 15.4. The van der Waals surface area contributed by atoms with Crippen LogP contribution in [0.5, 0.6) is 5.75 Å². The molecule has 0 amide bonds. The highest BCUT2D eigenvalue weighted by Crippen LogP contribution is 2.28. The molecule has 0 atom stereocenters. The van der Waals surface area contributed by atoms with E-state index in [0.717, 1.165) is 33.6 Å². The lowest BCUT2D eigenvalue weighted by Gasteiger charge is -2.13. The molecular formula is C21H27FO2. The first kappa shape index (κ1) is 19.9. The van der Waals surface area contributed by atoms with Crippen LogP contribution in [-0.4, -0.2) is 18.8 Å². The highest BCUT2D eigenvalue weighted by atomic mass is 19.1. The Balaban J connectivity index is 3.10. The normalized spacial score (nSPS) is 13.8. The van der Waals surface area contributed by atoms with Gasteiger partial charge in [0.05, 0.1) is 13.7 Å². The largest absolute Gasteiger partial charge is 0.496 e. The quantitative estimate of drug-likeness (QED) is 0.710. The molecule has 0 aliphatic heterocycles. The predicted octanol–water partition coefficient (Wildman–Crippen LogP) is 5.37. The average Bonchev–Trinajstić information content (AvgIpc) is 2.55. The van der Waals surface area contributed by atoms with Gasteiger partial charge in [-0.3, -0.25) is 0 Å². The van der Waals surface area contributed by atoms with Crippen molar-refractivity contribution < 1.29 is 14.2 Å². The summed E-state index contributed by atoms with van der Waals surface area (Å²) in [6, 6.07) is 2.00. The summed E-state index contributed by atoms with van der Waals surface area (Å²) in [6.07, 6.45) is 8.42. The molecule has 130 valence electrons. The second kappa shape index (κ2) is 9.24. The third-order valence-corrected chi connectivity index (χ3v) is 4.11. The molecule has 1 rings (SSSR count). The lowest BCUT2D eigenvalue weighted by molar-refractivity contribution is 0.342. The number of halogens is 1. The van der Waals surface area contributed by atoms with Crippen LogP contribution in [0, 0.1) is 20.8 Å². The maximum Gasteiger partial charge on any atom is 0.126 e. The molecule has 0 spiro atoms. The topological polar surface area (TPSA) is 29.5 Å². The molecule has 0 heterocycles. The molecule has 3 heteroatoms. The maximum atomic E-state index is 14.1. The Morgan fingerprint density at radius 3 is 2.38 bits per heavy atom. The lowest BCUT2D eigenvalue weighted by Crippen LogP contribution is -1.95. The summed E-state index contributed by atoms with van der Waals surface area (Å²) in [6.45, 7) is 9.60. The van der Waals surface area contributed by atoms with Gasteiger partial charge in [-0.05, 0) is 74.6 Å². The first-order valence-electron chi connectivity index (χ1n) is 7.96. The zero-order chi connectivity index (χ0) is 18.3. The van der Waals surface area contributed by atoms with E-state index in [0.29, 0.717) is 5.57 Å². The van der Waals surface area contributed by atoms with Crippen LogP contribution >= 0.6 is 0 Å². The molecule has 0 bridgehead atoms. The molecule has 0 unspecified atom stereocenters. The van der Waals surface area contributed by atoms with E-state index in [1.54, 1.807) is 32.3 Å². The Hall–Kier alpha value is -2.13. The van der Waals surface area contributed by atoms with Crippen molar-refractivity contribution in [3.63, 3.8) is 0 Å². The smallest absolute Gasteiger partial charge is 0.126 e. The fraction of sp³-hybridized carbons (Fsp3) is 0.333. The number of rotatable bonds is 6. The van der Waals surface area contributed by atoms with E-state index < -0.39 is 0 Å². The molecule has 0 aliphatic rings. The number of ether oxygens (including phenoxy) is 1. The summed E-state index contributed by atoms with van der Waals surface area (Å²) < 4.78 is 19.5. The van der Waals surface area contributed by atoms with E-state index in [1.807, 2.05) is 39.8 Å². The highest BCUT2D eigenvalue weighted by molar-refractivity contribution is 5.64. The summed E-state index contributed by atoms with van der Waals surface area (Å²) in [5, 5.41) is 8.80. The number of benzene rings is 1. The highest BCUT2D eigenvalue weighted by Gasteiger charge is 2.08. The maximum absolute atomic E-state index is 14.1. The number of aliphatic hydroxyl groups excluding tert-OH is 1. The van der Waals surface area contributed by atoms with E-state index in [4.69, 9.17) is 9.84 Å². The number of aliphatic hydroxyl groups is 1. The summed E-state index contributed by atoms with van der Waals surface area (Å²) in [4.78, 5) is 0. The minimum Gasteiger partial charge on any atom is -0.496 e. The minimum absolute atomic E-state index is 0.0459. The van der Waals surface area contributed by atoms with Gasteiger partial charge in [0.25, 0.3) is 0 Å². The van der Waals surface area contributed by atoms with Gasteiger partial charge in [0.15, 0.2) is 0 Å². The van der Waals surface area contributed by atoms with Crippen LogP contribution < -0.4 is 4.74 Å². The van der Waals surface area contributed by atoms with Crippen LogP contribution in [0.2, 0.25) is 0 Å². The fourth-order valence-electron chi connectivity index (χ4n) is 2.37. The van der Waals surface area contributed by atoms with Crippen LogP contribution in [-0.2, 0) is 0 Å². The third kappa shape index (κ3) is 5.20. The summed E-state index contributed by atoms with van der Waals surface area (Å²) in [7, 11) is 1.67. The van der Waals surface area contributed by atoms with Gasteiger partial charge in [-0.25, -0.2) is 4.39 Å². The van der Waals surface area contributed by atoms with Crippen LogP contribution in [0.1, 0.15) is 36.1 Å². The zero-order valence-electron chi connectivity index (χ0n) is 15.4. The second-order valence-electron chi connectivity index (χ2n) is 5.89. The second-order valence-corrected chi connectivity index (χ2v) is 5.89. The number of methoxy groups -OCH3 is 1. The van der Waals surface area contributed by atoms with Gasteiger partial charge >= 0.3 is 0 Å². The van der Waals surface area contributed by atoms with E-state index in [1.165, 1.54) is 6.08 Å². The van der Waals surface area contributed by atoms with Gasteiger partial charge in [0, 0.05) is 0 Å². The van der Waals surface area contributed by atoms with Gasteiger partial charge in [-0.15, -0.1) is 0 Å². The van der Waals surface area contributed by atoms with E-state index >= 15 is 0 Å². The predicted molar refractivity (Wildman–Crippen MR) is 100 cm³/mol. The molecule has 1 aromatic rings. The van der Waals surface area contributed by atoms with Gasteiger partial charge in [0.2, 0.25) is 0 Å². The van der Waals surface area contributed by atoms with Gasteiger partial charge in [-0.1, -0.05) is 29.9 Å². The molecule has 1 N–H and O–H groups in total. The monoisotopic (exact) mass is 330 g/mol. The SMILES string of the molecule is COc1cc(C)c(/C=C/C(C)=C(F)/C=C/C(C)=C/CO)c(C)c1C. The molecule has 0 saturated heterocycles. The molecule has 0 aliphatic carbocycles. The summed E-state index contributed by atoms with van der Waals surface area (Å²) in [5.41, 5.74) is 5.78. The molecule has 0 saturated carbocycles. The van der Waals surface area contributed by atoms with Gasteiger partial charge in [-0.2, -0.15) is 0 Å². The number of allylic oxidation sites excluding steroid dienone is 6. The fourth-order valence-corrected chi connectivity index (χ4v) is 2.37. The lowest BCUT2D eigenvalue weighted by atomic mass is 9.96. The van der Waals surface area contributed by atoms with E-state index in [-0.39, 0.29) is 12.4 Å². The third-order valence-electron chi connectivity index (χ3n) is 4.11. The van der Waals surface area contributed by atoms with Crippen molar-refractivity contribution in [2.75, 3.05) is 13.7 Å². The van der Waals surface area contributed by atoms with Crippen molar-refractivity contribution in [3.8, 4) is 5.75 Å². The molecule has 2 nitrogen and oxygen atoms in total. The molecule has 0 fully saturated rings. The number of aryl methyl sites for hydroxylation is 1. The summed E-state index contributed by atoms with van der Waals surface area (Å²) in [5.74, 6) is 0.576. The minimum atomic E-state index is -0.294. The Bertz CT molecular complexity index is 707.